The number of ether oxygens (including phenoxy) is 1. The van der Waals surface area contributed by atoms with Crippen molar-refractivity contribution in [2.45, 2.75) is 32.7 Å². The minimum absolute atomic E-state index is 0.0493. The maximum absolute atomic E-state index is 11.6. The summed E-state index contributed by atoms with van der Waals surface area (Å²) in [5.74, 6) is 0.801. The summed E-state index contributed by atoms with van der Waals surface area (Å²) in [4.78, 5) is 15.8. The fourth-order valence-electron chi connectivity index (χ4n) is 2.04. The monoisotopic (exact) mass is 320 g/mol. The van der Waals surface area contributed by atoms with Gasteiger partial charge < -0.3 is 20.7 Å². The maximum atomic E-state index is 11.6. The van der Waals surface area contributed by atoms with Crippen LogP contribution in [-0.2, 0) is 16.1 Å². The third kappa shape index (κ3) is 8.21. The summed E-state index contributed by atoms with van der Waals surface area (Å²) in [5, 5.41) is 9.39. The average Bonchev–Trinajstić information content (AvgIpc) is 2.55. The van der Waals surface area contributed by atoms with Crippen LogP contribution in [0.5, 0.6) is 0 Å². The zero-order chi connectivity index (χ0) is 16.9. The van der Waals surface area contributed by atoms with Crippen LogP contribution in [0.4, 0.5) is 5.69 Å². The number of carbonyl (C=O) groups is 1. The molecule has 6 heteroatoms. The highest BCUT2D eigenvalue weighted by Crippen LogP contribution is 2.11. The Bertz CT molecular complexity index is 503. The molecule has 23 heavy (non-hydrogen) atoms. The van der Waals surface area contributed by atoms with Crippen LogP contribution >= 0.6 is 0 Å². The van der Waals surface area contributed by atoms with Gasteiger partial charge in [0.05, 0.1) is 0 Å². The van der Waals surface area contributed by atoms with Crippen LogP contribution < -0.4 is 16.0 Å². The van der Waals surface area contributed by atoms with E-state index in [1.54, 1.807) is 14.2 Å². The van der Waals surface area contributed by atoms with E-state index >= 15 is 0 Å². The van der Waals surface area contributed by atoms with Crippen molar-refractivity contribution >= 4 is 17.6 Å². The molecule has 0 unspecified atom stereocenters. The number of methoxy groups -OCH3 is 1. The fraction of sp³-hybridized carbons (Fsp3) is 0.529. The number of carbonyl (C=O) groups excluding carboxylic acids is 1. The average molecular weight is 320 g/mol. The third-order valence-corrected chi connectivity index (χ3v) is 3.19. The SMILES string of the molecule is CCCC(=O)Nc1cccc(CNC(=NC)NCCCOC)c1. The molecule has 6 nitrogen and oxygen atoms in total. The van der Waals surface area contributed by atoms with Crippen molar-refractivity contribution in [1.82, 2.24) is 10.6 Å². The van der Waals surface area contributed by atoms with Gasteiger partial charge in [-0.2, -0.15) is 0 Å². The topological polar surface area (TPSA) is 74.8 Å². The van der Waals surface area contributed by atoms with E-state index in [0.717, 1.165) is 43.2 Å². The van der Waals surface area contributed by atoms with Crippen molar-refractivity contribution < 1.29 is 9.53 Å². The second-order valence-corrected chi connectivity index (χ2v) is 5.20. The van der Waals surface area contributed by atoms with Crippen molar-refractivity contribution in [3.8, 4) is 0 Å². The van der Waals surface area contributed by atoms with E-state index in [0.29, 0.717) is 13.0 Å². The van der Waals surface area contributed by atoms with Crippen molar-refractivity contribution in [2.24, 2.45) is 4.99 Å². The van der Waals surface area contributed by atoms with Gasteiger partial charge in [-0.05, 0) is 30.5 Å². The first-order valence-electron chi connectivity index (χ1n) is 8.01. The molecule has 1 aromatic carbocycles. The smallest absolute Gasteiger partial charge is 0.224 e. The lowest BCUT2D eigenvalue weighted by atomic mass is 10.2. The number of hydrogen-bond donors (Lipinski definition) is 3. The molecular formula is C17H28N4O2. The van der Waals surface area contributed by atoms with Crippen molar-refractivity contribution in [3.63, 3.8) is 0 Å². The lowest BCUT2D eigenvalue weighted by Gasteiger charge is -2.12. The zero-order valence-corrected chi connectivity index (χ0v) is 14.3. The molecule has 0 bridgehead atoms. The van der Waals surface area contributed by atoms with Gasteiger partial charge in [-0.25, -0.2) is 0 Å². The van der Waals surface area contributed by atoms with Gasteiger partial charge in [-0.1, -0.05) is 19.1 Å². The molecule has 0 aromatic heterocycles. The Balaban J connectivity index is 2.45. The molecule has 1 aromatic rings. The molecule has 0 aliphatic carbocycles. The Morgan fingerprint density at radius 1 is 1.30 bits per heavy atom. The first-order valence-corrected chi connectivity index (χ1v) is 8.01. The molecule has 0 heterocycles. The number of amides is 1. The van der Waals surface area contributed by atoms with Crippen LogP contribution in [0.25, 0.3) is 0 Å². The highest BCUT2D eigenvalue weighted by atomic mass is 16.5. The van der Waals surface area contributed by atoms with E-state index in [2.05, 4.69) is 20.9 Å². The molecule has 0 radical (unpaired) electrons. The number of rotatable bonds is 9. The Morgan fingerprint density at radius 2 is 2.13 bits per heavy atom. The number of nitrogens with zero attached hydrogens (tertiary/aromatic N) is 1. The molecule has 0 atom stereocenters. The molecular weight excluding hydrogens is 292 g/mol. The maximum Gasteiger partial charge on any atom is 0.224 e. The standard InChI is InChI=1S/C17H28N4O2/c1-4-7-16(22)21-15-9-5-8-14(12-15)13-20-17(18-2)19-10-6-11-23-3/h5,8-9,12H,4,6-7,10-11,13H2,1-3H3,(H,21,22)(H2,18,19,20). The van der Waals surface area contributed by atoms with Gasteiger partial charge in [0.1, 0.15) is 0 Å². The van der Waals surface area contributed by atoms with Crippen molar-refractivity contribution in [2.75, 3.05) is 32.6 Å². The molecule has 0 fully saturated rings. The summed E-state index contributed by atoms with van der Waals surface area (Å²) in [7, 11) is 3.44. The second-order valence-electron chi connectivity index (χ2n) is 5.20. The molecule has 128 valence electrons. The van der Waals surface area contributed by atoms with Crippen LogP contribution in [0.3, 0.4) is 0 Å². The largest absolute Gasteiger partial charge is 0.385 e. The second kappa shape index (κ2) is 11.5. The van der Waals surface area contributed by atoms with E-state index in [1.165, 1.54) is 0 Å². The summed E-state index contributed by atoms with van der Waals surface area (Å²) in [5.41, 5.74) is 1.91. The fourth-order valence-corrected chi connectivity index (χ4v) is 2.04. The molecule has 0 saturated heterocycles. The Labute approximate surface area is 138 Å². The number of guanidine groups is 1. The summed E-state index contributed by atoms with van der Waals surface area (Å²) < 4.78 is 5.01. The highest BCUT2D eigenvalue weighted by Gasteiger charge is 2.02. The predicted octanol–water partition coefficient (Wildman–Crippen LogP) is 2.13. The highest BCUT2D eigenvalue weighted by molar-refractivity contribution is 5.90. The molecule has 3 N–H and O–H groups in total. The van der Waals surface area contributed by atoms with Gasteiger partial charge in [0, 0.05) is 46.0 Å². The molecule has 1 amide bonds. The number of nitrogens with one attached hydrogen (secondary N) is 3. The molecule has 0 spiro atoms. The minimum Gasteiger partial charge on any atom is -0.385 e. The molecule has 0 aliphatic heterocycles. The molecule has 0 saturated carbocycles. The van der Waals surface area contributed by atoms with Gasteiger partial charge in [-0.3, -0.25) is 9.79 Å². The third-order valence-electron chi connectivity index (χ3n) is 3.19. The van der Waals surface area contributed by atoms with Gasteiger partial charge in [0.2, 0.25) is 5.91 Å². The van der Waals surface area contributed by atoms with Crippen LogP contribution in [0, 0.1) is 0 Å². The van der Waals surface area contributed by atoms with E-state index in [-0.39, 0.29) is 5.91 Å². The summed E-state index contributed by atoms with van der Waals surface area (Å²) in [6.45, 7) is 4.16. The number of benzene rings is 1. The quantitative estimate of drug-likeness (QED) is 0.370. The lowest BCUT2D eigenvalue weighted by Crippen LogP contribution is -2.37. The zero-order valence-electron chi connectivity index (χ0n) is 14.3. The van der Waals surface area contributed by atoms with Gasteiger partial charge >= 0.3 is 0 Å². The van der Waals surface area contributed by atoms with Crippen LogP contribution in [-0.4, -0.2) is 39.2 Å². The van der Waals surface area contributed by atoms with Gasteiger partial charge in [-0.15, -0.1) is 0 Å². The first kappa shape index (κ1) is 19.0. The van der Waals surface area contributed by atoms with Crippen LogP contribution in [0.1, 0.15) is 31.7 Å². The van der Waals surface area contributed by atoms with Gasteiger partial charge in [0.15, 0.2) is 5.96 Å². The molecule has 1 rings (SSSR count). The molecule has 0 aliphatic rings. The first-order chi connectivity index (χ1) is 11.2. The summed E-state index contributed by atoms with van der Waals surface area (Å²) >= 11 is 0. The Kier molecular flexibility index (Phi) is 9.47. The number of aliphatic imine (C=N–C) groups is 1. The van der Waals surface area contributed by atoms with Crippen molar-refractivity contribution in [1.29, 1.82) is 0 Å². The normalized spacial score (nSPS) is 11.2. The van der Waals surface area contributed by atoms with E-state index in [4.69, 9.17) is 4.74 Å². The summed E-state index contributed by atoms with van der Waals surface area (Å²) in [6, 6.07) is 7.82. The van der Waals surface area contributed by atoms with Crippen LogP contribution in [0.2, 0.25) is 0 Å². The Morgan fingerprint density at radius 3 is 2.83 bits per heavy atom. The van der Waals surface area contributed by atoms with Crippen LogP contribution in [0.15, 0.2) is 29.3 Å². The predicted molar refractivity (Wildman–Crippen MR) is 94.7 cm³/mol. The van der Waals surface area contributed by atoms with E-state index < -0.39 is 0 Å². The summed E-state index contributed by atoms with van der Waals surface area (Å²) in [6.07, 6.45) is 2.31. The minimum atomic E-state index is 0.0493. The lowest BCUT2D eigenvalue weighted by molar-refractivity contribution is -0.116. The van der Waals surface area contributed by atoms with E-state index in [1.807, 2.05) is 31.2 Å². The number of hydrogen-bond acceptors (Lipinski definition) is 3. The van der Waals surface area contributed by atoms with Gasteiger partial charge in [0.25, 0.3) is 0 Å². The van der Waals surface area contributed by atoms with Crippen molar-refractivity contribution in [3.05, 3.63) is 29.8 Å². The van der Waals surface area contributed by atoms with E-state index in [9.17, 15) is 4.79 Å². The Hall–Kier alpha value is -2.08. The number of anilines is 1.